The van der Waals surface area contributed by atoms with Crippen molar-refractivity contribution in [1.29, 1.82) is 5.26 Å². The topological polar surface area (TPSA) is 106 Å². The second-order valence-electron chi connectivity index (χ2n) is 8.02. The first-order valence-corrected chi connectivity index (χ1v) is 12.1. The molecular weight excluding hydrogens is 486 g/mol. The molecule has 1 fully saturated rings. The van der Waals surface area contributed by atoms with Gasteiger partial charge in [-0.25, -0.2) is 19.3 Å². The maximum atomic E-state index is 14.7. The molecule has 1 aliphatic rings. The number of aromatic nitrogens is 4. The van der Waals surface area contributed by atoms with Gasteiger partial charge in [-0.1, -0.05) is 6.07 Å². The van der Waals surface area contributed by atoms with Crippen molar-refractivity contribution in [2.24, 2.45) is 0 Å². The molecule has 1 saturated heterocycles. The number of imidazole rings is 1. The third kappa shape index (κ3) is 5.24. The van der Waals surface area contributed by atoms with Crippen LogP contribution in [-0.4, -0.2) is 53.8 Å². The Morgan fingerprint density at radius 3 is 2.57 bits per heavy atom. The number of benzene rings is 1. The van der Waals surface area contributed by atoms with Crippen LogP contribution in [0.4, 0.5) is 23.5 Å². The first-order valence-electron chi connectivity index (χ1n) is 10.6. The molecule has 3 heterocycles. The number of hydrogen-bond acceptors (Lipinski definition) is 7. The van der Waals surface area contributed by atoms with Gasteiger partial charge in [0.15, 0.2) is 5.82 Å². The van der Waals surface area contributed by atoms with Crippen molar-refractivity contribution < 1.29 is 22.1 Å². The highest BCUT2D eigenvalue weighted by atomic mass is 32.2. The van der Waals surface area contributed by atoms with Crippen molar-refractivity contribution >= 4 is 17.3 Å². The van der Waals surface area contributed by atoms with Crippen molar-refractivity contribution in [2.45, 2.75) is 32.0 Å². The highest BCUT2D eigenvalue weighted by Crippen LogP contribution is 2.36. The van der Waals surface area contributed by atoms with Crippen molar-refractivity contribution in [3.8, 4) is 23.1 Å². The minimum absolute atomic E-state index is 0.00827. The summed E-state index contributed by atoms with van der Waals surface area (Å²) >= 11 is -1.08. The third-order valence-corrected chi connectivity index (χ3v) is 6.82. The summed E-state index contributed by atoms with van der Waals surface area (Å²) in [6.07, 6.45) is 0.0666. The number of nitrogens with zero attached hydrogens (tertiary/aromatic N) is 6. The lowest BCUT2D eigenvalue weighted by atomic mass is 10.1. The van der Waals surface area contributed by atoms with Crippen LogP contribution in [0.15, 0.2) is 30.6 Å². The molecule has 1 N–H and O–H groups in total. The maximum Gasteiger partial charge on any atom is 0.420 e. The predicted octanol–water partition coefficient (Wildman–Crippen LogP) is 3.84. The highest BCUT2D eigenvalue weighted by Gasteiger charge is 2.36. The van der Waals surface area contributed by atoms with E-state index in [1.54, 1.807) is 12.3 Å². The van der Waals surface area contributed by atoms with Crippen LogP contribution in [0.2, 0.25) is 0 Å². The number of aryl methyl sites for hydroxylation is 1. The van der Waals surface area contributed by atoms with Crippen LogP contribution in [0.1, 0.15) is 29.8 Å². The summed E-state index contributed by atoms with van der Waals surface area (Å²) in [6.45, 7) is 2.66. The Labute approximate surface area is 201 Å². The molecule has 0 radical (unpaired) electrons. The number of rotatable bonds is 5. The fourth-order valence-electron chi connectivity index (χ4n) is 3.92. The minimum atomic E-state index is -4.74. The molecule has 0 spiro atoms. The Balaban J connectivity index is 1.69. The number of alkyl halides is 3. The van der Waals surface area contributed by atoms with Gasteiger partial charge in [0.05, 0.1) is 11.3 Å². The van der Waals surface area contributed by atoms with E-state index in [2.05, 4.69) is 20.3 Å². The summed E-state index contributed by atoms with van der Waals surface area (Å²) in [5.74, 6) is -0.577. The molecule has 1 atom stereocenters. The summed E-state index contributed by atoms with van der Waals surface area (Å²) in [4.78, 5) is 12.2. The van der Waals surface area contributed by atoms with Crippen molar-refractivity contribution in [1.82, 2.24) is 23.8 Å². The lowest BCUT2D eigenvalue weighted by molar-refractivity contribution is -0.137. The van der Waals surface area contributed by atoms with Crippen LogP contribution in [0.5, 0.6) is 0 Å². The quantitative estimate of drug-likeness (QED) is 0.413. The highest BCUT2D eigenvalue weighted by molar-refractivity contribution is 7.88. The number of halogens is 4. The fourth-order valence-corrected chi connectivity index (χ4v) is 4.64. The van der Waals surface area contributed by atoms with E-state index in [9.17, 15) is 22.1 Å². The molecule has 0 aliphatic carbocycles. The molecule has 1 aromatic carbocycles. The normalized spacial score (nSPS) is 16.2. The van der Waals surface area contributed by atoms with E-state index < -0.39 is 34.6 Å². The number of nitrogens with one attached hydrogen (secondary N) is 1. The van der Waals surface area contributed by atoms with Gasteiger partial charge in [-0.05, 0) is 31.9 Å². The van der Waals surface area contributed by atoms with Gasteiger partial charge in [-0.2, -0.15) is 18.4 Å². The van der Waals surface area contributed by atoms with Gasteiger partial charge in [-0.15, -0.1) is 4.31 Å². The van der Waals surface area contributed by atoms with Gasteiger partial charge in [-0.3, -0.25) is 0 Å². The van der Waals surface area contributed by atoms with Gasteiger partial charge in [0.2, 0.25) is 5.95 Å². The molecular formula is C22H21F4N7OS. The van der Waals surface area contributed by atoms with Crippen molar-refractivity contribution in [3.05, 3.63) is 53.4 Å². The van der Waals surface area contributed by atoms with E-state index in [0.29, 0.717) is 32.1 Å². The van der Waals surface area contributed by atoms with Crippen molar-refractivity contribution in [3.63, 3.8) is 0 Å². The molecule has 3 aromatic rings. The number of hydrogen-bond donors (Lipinski definition) is 1. The molecule has 8 nitrogen and oxygen atoms in total. The lowest BCUT2D eigenvalue weighted by Gasteiger charge is -2.31. The summed E-state index contributed by atoms with van der Waals surface area (Å²) < 4.78 is 70.7. The summed E-state index contributed by atoms with van der Waals surface area (Å²) in [6, 6.07) is 5.83. The van der Waals surface area contributed by atoms with Gasteiger partial charge < -0.3 is 14.4 Å². The summed E-state index contributed by atoms with van der Waals surface area (Å²) in [5.41, 5.74) is -1.84. The molecule has 0 saturated carbocycles. The van der Waals surface area contributed by atoms with E-state index in [0.717, 1.165) is 0 Å². The van der Waals surface area contributed by atoms with E-state index in [1.165, 1.54) is 35.9 Å². The molecule has 0 amide bonds. The number of anilines is 1. The third-order valence-electron chi connectivity index (χ3n) is 5.73. The average molecular weight is 508 g/mol. The van der Waals surface area contributed by atoms with Gasteiger partial charge in [0, 0.05) is 42.9 Å². The molecule has 1 aliphatic heterocycles. The zero-order valence-corrected chi connectivity index (χ0v) is 19.6. The monoisotopic (exact) mass is 507 g/mol. The van der Waals surface area contributed by atoms with Crippen molar-refractivity contribution in [2.75, 3.05) is 24.7 Å². The number of piperidine rings is 1. The molecule has 2 aromatic heterocycles. The van der Waals surface area contributed by atoms with E-state index in [-0.39, 0.29) is 34.8 Å². The zero-order chi connectivity index (χ0) is 25.3. The first kappa shape index (κ1) is 24.9. The Bertz CT molecular complexity index is 1260. The average Bonchev–Trinajstić information content (AvgIpc) is 3.20. The first-order chi connectivity index (χ1) is 16.6. The Morgan fingerprint density at radius 2 is 1.94 bits per heavy atom. The predicted molar refractivity (Wildman–Crippen MR) is 121 cm³/mol. The molecule has 1 unspecified atom stereocenters. The van der Waals surface area contributed by atoms with E-state index >= 15 is 0 Å². The molecule has 35 heavy (non-hydrogen) atoms. The largest absolute Gasteiger partial charge is 0.598 e. The van der Waals surface area contributed by atoms with Gasteiger partial charge in [0.1, 0.15) is 35.1 Å². The maximum absolute atomic E-state index is 14.7. The molecule has 0 bridgehead atoms. The Hall–Kier alpha value is -3.21. The van der Waals surface area contributed by atoms with Crippen LogP contribution in [0.3, 0.4) is 0 Å². The number of nitriles is 1. The van der Waals surface area contributed by atoms with Crippen LogP contribution in [-0.2, 0) is 17.5 Å². The smallest absolute Gasteiger partial charge is 0.420 e. The van der Waals surface area contributed by atoms with Crippen LogP contribution in [0, 0.1) is 24.1 Å². The standard InChI is InChI=1S/C22H21F4N7OS/c1-13-29-17(12-33(13)18-5-3-4-14(10-27)19(18)23)20-16(22(24,25)26)11-28-21(31-20)30-15-6-8-32(9-7-15)35(2)34/h3-5,11-12,15H,6-9H2,1-2H3,(H,28,30,31). The summed E-state index contributed by atoms with van der Waals surface area (Å²) in [5, 5.41) is 12.2. The molecule has 184 valence electrons. The zero-order valence-electron chi connectivity index (χ0n) is 18.8. The van der Waals surface area contributed by atoms with Crippen LogP contribution < -0.4 is 5.32 Å². The lowest BCUT2D eigenvalue weighted by Crippen LogP contribution is -2.42. The summed E-state index contributed by atoms with van der Waals surface area (Å²) in [7, 11) is 0. The SMILES string of the molecule is Cc1nc(-c2nc(NC3CCN([S+](C)[O-])CC3)ncc2C(F)(F)F)cn1-c1cccc(C#N)c1F. The van der Waals surface area contributed by atoms with Gasteiger partial charge >= 0.3 is 6.18 Å². The molecule has 13 heteroatoms. The Morgan fingerprint density at radius 1 is 1.23 bits per heavy atom. The fraction of sp³-hybridized carbons (Fsp3) is 0.364. The van der Waals surface area contributed by atoms with Crippen LogP contribution >= 0.6 is 0 Å². The second-order valence-corrected chi connectivity index (χ2v) is 9.38. The molecule has 4 rings (SSSR count). The minimum Gasteiger partial charge on any atom is -0.598 e. The Kier molecular flexibility index (Phi) is 6.98. The van der Waals surface area contributed by atoms with E-state index in [1.807, 2.05) is 4.31 Å². The second kappa shape index (κ2) is 9.80. The van der Waals surface area contributed by atoms with E-state index in [4.69, 9.17) is 5.26 Å². The van der Waals surface area contributed by atoms with Gasteiger partial charge in [0.25, 0.3) is 0 Å². The van der Waals surface area contributed by atoms with Crippen LogP contribution in [0.25, 0.3) is 17.1 Å².